The number of hydrogen-bond acceptors (Lipinski definition) is 5. The zero-order chi connectivity index (χ0) is 19.9. The topological polar surface area (TPSA) is 73.9 Å². The molecule has 148 valence electrons. The number of methoxy groups -OCH3 is 2. The number of nitrogens with one attached hydrogen (secondary N) is 1. The van der Waals surface area contributed by atoms with Gasteiger partial charge in [-0.2, -0.15) is 0 Å². The van der Waals surface area contributed by atoms with E-state index in [9.17, 15) is 8.42 Å². The van der Waals surface area contributed by atoms with Crippen LogP contribution < -0.4 is 14.2 Å². The Labute approximate surface area is 161 Å². The van der Waals surface area contributed by atoms with E-state index in [0.29, 0.717) is 24.0 Å². The molecule has 0 saturated carbocycles. The first-order valence-electron chi connectivity index (χ1n) is 8.75. The van der Waals surface area contributed by atoms with Crippen LogP contribution in [0.2, 0.25) is 0 Å². The summed E-state index contributed by atoms with van der Waals surface area (Å²) in [6, 6.07) is 13.7. The number of sulfonamides is 1. The van der Waals surface area contributed by atoms with Crippen LogP contribution in [-0.2, 0) is 14.8 Å². The summed E-state index contributed by atoms with van der Waals surface area (Å²) in [7, 11) is -0.565. The van der Waals surface area contributed by atoms with E-state index in [2.05, 4.69) is 18.6 Å². The maximum absolute atomic E-state index is 12.6. The van der Waals surface area contributed by atoms with E-state index in [1.165, 1.54) is 19.2 Å². The molecule has 1 N–H and O–H groups in total. The maximum atomic E-state index is 12.6. The fraction of sp³-hybridized carbons (Fsp3) is 0.400. The third-order valence-corrected chi connectivity index (χ3v) is 5.39. The molecule has 0 radical (unpaired) electrons. The Hall–Kier alpha value is -2.09. The third kappa shape index (κ3) is 5.95. The van der Waals surface area contributed by atoms with Crippen LogP contribution in [0.15, 0.2) is 53.4 Å². The van der Waals surface area contributed by atoms with Gasteiger partial charge in [-0.15, -0.1) is 0 Å². The Morgan fingerprint density at radius 1 is 1.00 bits per heavy atom. The Bertz CT molecular complexity index is 819. The average Bonchev–Trinajstić information content (AvgIpc) is 2.67. The minimum absolute atomic E-state index is 0.0881. The van der Waals surface area contributed by atoms with E-state index < -0.39 is 16.1 Å². The lowest BCUT2D eigenvalue weighted by molar-refractivity contribution is 0.105. The van der Waals surface area contributed by atoms with E-state index in [-0.39, 0.29) is 11.4 Å². The number of benzene rings is 2. The van der Waals surface area contributed by atoms with Crippen LogP contribution in [0.3, 0.4) is 0 Å². The molecule has 1 unspecified atom stereocenters. The highest BCUT2D eigenvalue weighted by Gasteiger charge is 2.20. The first-order chi connectivity index (χ1) is 12.9. The molecule has 0 aliphatic heterocycles. The zero-order valence-corrected chi connectivity index (χ0v) is 17.0. The van der Waals surface area contributed by atoms with E-state index in [4.69, 9.17) is 14.2 Å². The van der Waals surface area contributed by atoms with E-state index in [0.717, 1.165) is 5.56 Å². The van der Waals surface area contributed by atoms with E-state index in [1.54, 1.807) is 19.2 Å². The fourth-order valence-corrected chi connectivity index (χ4v) is 3.53. The molecule has 2 rings (SSSR count). The predicted molar refractivity (Wildman–Crippen MR) is 105 cm³/mol. The van der Waals surface area contributed by atoms with Gasteiger partial charge in [0.15, 0.2) is 0 Å². The molecule has 0 aromatic heterocycles. The van der Waals surface area contributed by atoms with Gasteiger partial charge in [0.05, 0.1) is 24.7 Å². The van der Waals surface area contributed by atoms with E-state index >= 15 is 0 Å². The van der Waals surface area contributed by atoms with Crippen molar-refractivity contribution in [1.82, 2.24) is 4.72 Å². The highest BCUT2D eigenvalue weighted by atomic mass is 32.2. The minimum atomic E-state index is -3.67. The second-order valence-corrected chi connectivity index (χ2v) is 8.26. The lowest BCUT2D eigenvalue weighted by Crippen LogP contribution is -2.29. The Kier molecular flexibility index (Phi) is 7.65. The molecule has 0 heterocycles. The van der Waals surface area contributed by atoms with Crippen LogP contribution in [0.5, 0.6) is 11.5 Å². The molecular weight excluding hydrogens is 366 g/mol. The first kappa shape index (κ1) is 21.2. The van der Waals surface area contributed by atoms with Gasteiger partial charge in [0.25, 0.3) is 0 Å². The molecule has 0 saturated heterocycles. The van der Waals surface area contributed by atoms with Crippen LogP contribution in [-0.4, -0.2) is 35.8 Å². The van der Waals surface area contributed by atoms with E-state index in [1.807, 2.05) is 24.3 Å². The van der Waals surface area contributed by atoms with Crippen LogP contribution in [0.25, 0.3) is 0 Å². The summed E-state index contributed by atoms with van der Waals surface area (Å²) in [5, 5.41) is 0. The normalized spacial score (nSPS) is 12.8. The van der Waals surface area contributed by atoms with Gasteiger partial charge in [0.2, 0.25) is 10.0 Å². The van der Waals surface area contributed by atoms with Crippen molar-refractivity contribution in [3.63, 3.8) is 0 Å². The van der Waals surface area contributed by atoms with Crippen molar-refractivity contribution in [2.75, 3.05) is 27.4 Å². The molecule has 0 bridgehead atoms. The maximum Gasteiger partial charge on any atom is 0.240 e. The number of ether oxygens (including phenoxy) is 3. The molecule has 2 aromatic carbocycles. The van der Waals surface area contributed by atoms with Gasteiger partial charge < -0.3 is 14.2 Å². The Balaban J connectivity index is 2.06. The summed E-state index contributed by atoms with van der Waals surface area (Å²) < 4.78 is 44.1. The van der Waals surface area contributed by atoms with Gasteiger partial charge >= 0.3 is 0 Å². The summed E-state index contributed by atoms with van der Waals surface area (Å²) >= 11 is 0. The summed E-state index contributed by atoms with van der Waals surface area (Å²) in [6.07, 6.45) is -0.468. The molecule has 0 aliphatic carbocycles. The monoisotopic (exact) mass is 393 g/mol. The van der Waals surface area contributed by atoms with Gasteiger partial charge in [0.1, 0.15) is 11.5 Å². The quantitative estimate of drug-likeness (QED) is 0.670. The van der Waals surface area contributed by atoms with Crippen LogP contribution >= 0.6 is 0 Å². The summed E-state index contributed by atoms with van der Waals surface area (Å²) in [5.41, 5.74) is 0.780. The Morgan fingerprint density at radius 3 is 2.26 bits per heavy atom. The van der Waals surface area contributed by atoms with Gasteiger partial charge in [-0.25, -0.2) is 13.1 Å². The number of para-hydroxylation sites is 1. The molecule has 6 nitrogen and oxygen atoms in total. The predicted octanol–water partition coefficient (Wildman–Crippen LogP) is 3.40. The summed E-state index contributed by atoms with van der Waals surface area (Å²) in [6.45, 7) is 4.77. The smallest absolute Gasteiger partial charge is 0.240 e. The lowest BCUT2D eigenvalue weighted by Gasteiger charge is -2.19. The molecule has 7 heteroatoms. The van der Waals surface area contributed by atoms with Crippen molar-refractivity contribution in [1.29, 1.82) is 0 Å². The molecule has 0 spiro atoms. The van der Waals surface area contributed by atoms with Crippen molar-refractivity contribution >= 4 is 10.0 Å². The van der Waals surface area contributed by atoms with Crippen molar-refractivity contribution < 1.29 is 22.6 Å². The highest BCUT2D eigenvalue weighted by molar-refractivity contribution is 7.89. The number of rotatable bonds is 10. The number of hydrogen-bond donors (Lipinski definition) is 1. The van der Waals surface area contributed by atoms with Gasteiger partial charge in [-0.3, -0.25) is 0 Å². The lowest BCUT2D eigenvalue weighted by atomic mass is 10.1. The second-order valence-electron chi connectivity index (χ2n) is 6.49. The molecule has 27 heavy (non-hydrogen) atoms. The van der Waals surface area contributed by atoms with Gasteiger partial charge in [-0.05, 0) is 36.2 Å². The van der Waals surface area contributed by atoms with Gasteiger partial charge in [-0.1, -0.05) is 32.0 Å². The molecule has 0 fully saturated rings. The molecule has 0 aliphatic rings. The summed E-state index contributed by atoms with van der Waals surface area (Å²) in [5.74, 6) is 1.69. The van der Waals surface area contributed by atoms with Crippen molar-refractivity contribution in [2.24, 2.45) is 5.92 Å². The zero-order valence-electron chi connectivity index (χ0n) is 16.1. The van der Waals surface area contributed by atoms with Crippen LogP contribution in [0.4, 0.5) is 0 Å². The average molecular weight is 394 g/mol. The first-order valence-corrected chi connectivity index (χ1v) is 10.2. The largest absolute Gasteiger partial charge is 0.496 e. The minimum Gasteiger partial charge on any atom is -0.496 e. The highest BCUT2D eigenvalue weighted by Crippen LogP contribution is 2.27. The third-order valence-electron chi connectivity index (χ3n) is 3.95. The van der Waals surface area contributed by atoms with Crippen molar-refractivity contribution in [3.05, 3.63) is 54.1 Å². The molecular formula is C20H27NO5S. The second kappa shape index (κ2) is 9.73. The molecule has 0 amide bonds. The van der Waals surface area contributed by atoms with Crippen molar-refractivity contribution in [2.45, 2.75) is 24.8 Å². The van der Waals surface area contributed by atoms with Crippen molar-refractivity contribution in [3.8, 4) is 11.5 Å². The summed E-state index contributed by atoms with van der Waals surface area (Å²) in [4.78, 5) is 0.175. The molecule has 2 aromatic rings. The Morgan fingerprint density at radius 2 is 1.67 bits per heavy atom. The van der Waals surface area contributed by atoms with Crippen LogP contribution in [0.1, 0.15) is 25.5 Å². The molecule has 1 atom stereocenters. The SMILES string of the molecule is COc1ccccc1C(CNS(=O)(=O)c1ccc(OCC(C)C)cc1)OC. The fourth-order valence-electron chi connectivity index (χ4n) is 2.50. The van der Waals surface area contributed by atoms with Crippen LogP contribution in [0, 0.1) is 5.92 Å². The standard InChI is InChI=1S/C20H27NO5S/c1-15(2)14-26-16-9-11-17(12-10-16)27(22,23)21-13-20(25-4)18-7-5-6-8-19(18)24-3/h5-12,15,20-21H,13-14H2,1-4H3. The van der Waals surface area contributed by atoms with Gasteiger partial charge in [0, 0.05) is 19.2 Å².